The average molecular weight is 477 g/mol. The van der Waals surface area contributed by atoms with Gasteiger partial charge in [-0.15, -0.1) is 0 Å². The van der Waals surface area contributed by atoms with E-state index in [4.69, 9.17) is 27.6 Å². The first-order valence-electron chi connectivity index (χ1n) is 9.69. The van der Waals surface area contributed by atoms with E-state index in [-0.39, 0.29) is 35.5 Å². The van der Waals surface area contributed by atoms with Gasteiger partial charge in [-0.25, -0.2) is 9.97 Å². The second kappa shape index (κ2) is 9.41. The highest BCUT2D eigenvalue weighted by Gasteiger charge is 2.31. The maximum atomic E-state index is 12.5. The summed E-state index contributed by atoms with van der Waals surface area (Å²) in [6.07, 6.45) is 2.72. The van der Waals surface area contributed by atoms with Gasteiger partial charge < -0.3 is 19.5 Å². The van der Waals surface area contributed by atoms with Crippen LogP contribution in [-0.4, -0.2) is 51.9 Å². The molecular weight excluding hydrogens is 459 g/mol. The van der Waals surface area contributed by atoms with E-state index in [1.54, 1.807) is 40.1 Å². The standard InChI is InChI=1S/C20H18Cl2N6O4/c21-14-4-3-13(15(22)10-14)11-23-18-17(28(30)31)19(25-12-24-18)26-5-7-27(8-6-26)20(29)16-2-1-9-32-16/h1-4,9-10,12H,5-8,11H2,(H,23,24,25). The number of amides is 1. The molecule has 0 aliphatic carbocycles. The first-order chi connectivity index (χ1) is 15.4. The molecule has 1 aliphatic rings. The molecule has 166 valence electrons. The Bertz CT molecular complexity index is 1130. The molecule has 1 aliphatic heterocycles. The smallest absolute Gasteiger partial charge is 0.353 e. The van der Waals surface area contributed by atoms with Crippen molar-refractivity contribution in [1.29, 1.82) is 0 Å². The van der Waals surface area contributed by atoms with Gasteiger partial charge in [-0.05, 0) is 29.8 Å². The zero-order valence-electron chi connectivity index (χ0n) is 16.7. The number of nitro groups is 1. The van der Waals surface area contributed by atoms with Crippen molar-refractivity contribution in [3.8, 4) is 0 Å². The fraction of sp³-hybridized carbons (Fsp3) is 0.250. The summed E-state index contributed by atoms with van der Waals surface area (Å²) in [5.74, 6) is 0.327. The third-order valence-electron chi connectivity index (χ3n) is 5.05. The Labute approximate surface area is 192 Å². The minimum atomic E-state index is -0.512. The molecule has 0 atom stereocenters. The summed E-state index contributed by atoms with van der Waals surface area (Å²) < 4.78 is 5.16. The summed E-state index contributed by atoms with van der Waals surface area (Å²) in [5.41, 5.74) is 0.485. The largest absolute Gasteiger partial charge is 0.459 e. The zero-order chi connectivity index (χ0) is 22.7. The van der Waals surface area contributed by atoms with Crippen LogP contribution in [-0.2, 0) is 6.54 Å². The number of anilines is 2. The lowest BCUT2D eigenvalue weighted by atomic mass is 10.2. The highest BCUT2D eigenvalue weighted by atomic mass is 35.5. The van der Waals surface area contributed by atoms with Crippen LogP contribution in [0.3, 0.4) is 0 Å². The summed E-state index contributed by atoms with van der Waals surface area (Å²) >= 11 is 12.1. The van der Waals surface area contributed by atoms with Gasteiger partial charge in [-0.3, -0.25) is 14.9 Å². The second-order valence-corrected chi connectivity index (χ2v) is 7.84. The lowest BCUT2D eigenvalue weighted by Gasteiger charge is -2.34. The number of nitrogens with zero attached hydrogens (tertiary/aromatic N) is 5. The molecule has 1 aromatic carbocycles. The molecular formula is C20H18Cl2N6O4. The molecule has 0 spiro atoms. The normalized spacial score (nSPS) is 13.8. The monoisotopic (exact) mass is 476 g/mol. The summed E-state index contributed by atoms with van der Waals surface area (Å²) in [6.45, 7) is 1.74. The molecule has 1 fully saturated rings. The lowest BCUT2D eigenvalue weighted by molar-refractivity contribution is -0.383. The van der Waals surface area contributed by atoms with E-state index in [9.17, 15) is 14.9 Å². The second-order valence-electron chi connectivity index (χ2n) is 7.00. The van der Waals surface area contributed by atoms with E-state index in [1.807, 2.05) is 0 Å². The van der Waals surface area contributed by atoms with Gasteiger partial charge in [0.15, 0.2) is 5.76 Å². The Kier molecular flexibility index (Phi) is 6.42. The summed E-state index contributed by atoms with van der Waals surface area (Å²) in [4.78, 5) is 35.4. The summed E-state index contributed by atoms with van der Waals surface area (Å²) in [6, 6.07) is 8.28. The number of piperazine rings is 1. The molecule has 12 heteroatoms. The SMILES string of the molecule is O=C(c1ccco1)N1CCN(c2ncnc(NCc3ccc(Cl)cc3Cl)c2[N+](=O)[O-])CC1. The van der Waals surface area contributed by atoms with Crippen LogP contribution in [0.25, 0.3) is 0 Å². The number of rotatable bonds is 6. The van der Waals surface area contributed by atoms with Gasteiger partial charge in [0.25, 0.3) is 5.91 Å². The topological polar surface area (TPSA) is 118 Å². The predicted molar refractivity (Wildman–Crippen MR) is 119 cm³/mol. The predicted octanol–water partition coefficient (Wildman–Crippen LogP) is 3.86. The maximum Gasteiger partial charge on any atom is 0.353 e. The Hall–Kier alpha value is -3.37. The fourth-order valence-corrected chi connectivity index (χ4v) is 3.90. The third kappa shape index (κ3) is 4.61. The van der Waals surface area contributed by atoms with E-state index in [1.165, 1.54) is 12.6 Å². The van der Waals surface area contributed by atoms with Crippen LogP contribution in [0.2, 0.25) is 10.0 Å². The number of hydrogen-bond donors (Lipinski definition) is 1. The average Bonchev–Trinajstić information content (AvgIpc) is 3.33. The Balaban J connectivity index is 1.50. The number of halogens is 2. The highest BCUT2D eigenvalue weighted by molar-refractivity contribution is 6.35. The molecule has 1 N–H and O–H groups in total. The minimum Gasteiger partial charge on any atom is -0.459 e. The molecule has 0 radical (unpaired) electrons. The first-order valence-corrected chi connectivity index (χ1v) is 10.4. The zero-order valence-corrected chi connectivity index (χ0v) is 18.2. The molecule has 3 heterocycles. The Morgan fingerprint density at radius 1 is 1.19 bits per heavy atom. The molecule has 32 heavy (non-hydrogen) atoms. The molecule has 2 aromatic heterocycles. The van der Waals surface area contributed by atoms with E-state index in [2.05, 4.69) is 15.3 Å². The number of furan rings is 1. The number of aromatic nitrogens is 2. The van der Waals surface area contributed by atoms with Crippen LogP contribution in [0.15, 0.2) is 47.3 Å². The van der Waals surface area contributed by atoms with Crippen molar-refractivity contribution < 1.29 is 14.1 Å². The fourth-order valence-electron chi connectivity index (χ4n) is 3.42. The molecule has 4 rings (SSSR count). The van der Waals surface area contributed by atoms with Crippen molar-refractivity contribution in [2.45, 2.75) is 6.54 Å². The number of benzene rings is 1. The molecule has 0 unspecified atom stereocenters. The van der Waals surface area contributed by atoms with Gasteiger partial charge >= 0.3 is 5.69 Å². The van der Waals surface area contributed by atoms with Gasteiger partial charge in [0.2, 0.25) is 11.6 Å². The van der Waals surface area contributed by atoms with E-state index >= 15 is 0 Å². The van der Waals surface area contributed by atoms with Crippen LogP contribution >= 0.6 is 23.2 Å². The van der Waals surface area contributed by atoms with Gasteiger partial charge in [-0.2, -0.15) is 0 Å². The van der Waals surface area contributed by atoms with Crippen LogP contribution in [0.5, 0.6) is 0 Å². The molecule has 3 aromatic rings. The van der Waals surface area contributed by atoms with Crippen molar-refractivity contribution in [1.82, 2.24) is 14.9 Å². The third-order valence-corrected chi connectivity index (χ3v) is 5.63. The van der Waals surface area contributed by atoms with Crippen LogP contribution in [0.4, 0.5) is 17.3 Å². The number of nitrogens with one attached hydrogen (secondary N) is 1. The van der Waals surface area contributed by atoms with Crippen molar-refractivity contribution in [3.63, 3.8) is 0 Å². The first kappa shape index (κ1) is 21.8. The lowest BCUT2D eigenvalue weighted by Crippen LogP contribution is -2.49. The number of carbonyl (C=O) groups is 1. The quantitative estimate of drug-likeness (QED) is 0.420. The van der Waals surface area contributed by atoms with E-state index in [0.29, 0.717) is 36.2 Å². The van der Waals surface area contributed by atoms with Gasteiger partial charge in [0, 0.05) is 42.8 Å². The molecule has 0 saturated carbocycles. The van der Waals surface area contributed by atoms with E-state index < -0.39 is 4.92 Å². The maximum absolute atomic E-state index is 12.5. The van der Waals surface area contributed by atoms with Crippen LogP contribution in [0, 0.1) is 10.1 Å². The molecule has 1 saturated heterocycles. The summed E-state index contributed by atoms with van der Waals surface area (Å²) in [5, 5.41) is 15.8. The van der Waals surface area contributed by atoms with Crippen LogP contribution < -0.4 is 10.2 Å². The number of carbonyl (C=O) groups excluding carboxylic acids is 1. The minimum absolute atomic E-state index is 0.0834. The van der Waals surface area contributed by atoms with Gasteiger partial charge in [0.05, 0.1) is 11.2 Å². The molecule has 1 amide bonds. The summed E-state index contributed by atoms with van der Waals surface area (Å²) in [7, 11) is 0. The molecule has 0 bridgehead atoms. The number of hydrogen-bond acceptors (Lipinski definition) is 8. The van der Waals surface area contributed by atoms with Crippen molar-refractivity contribution in [3.05, 3.63) is 74.4 Å². The van der Waals surface area contributed by atoms with Crippen molar-refractivity contribution >= 4 is 46.4 Å². The molecule has 10 nitrogen and oxygen atoms in total. The highest BCUT2D eigenvalue weighted by Crippen LogP contribution is 2.33. The van der Waals surface area contributed by atoms with Crippen LogP contribution in [0.1, 0.15) is 16.1 Å². The Morgan fingerprint density at radius 2 is 1.97 bits per heavy atom. The van der Waals surface area contributed by atoms with Crippen molar-refractivity contribution in [2.75, 3.05) is 36.4 Å². The van der Waals surface area contributed by atoms with Gasteiger partial charge in [0.1, 0.15) is 6.33 Å². The van der Waals surface area contributed by atoms with Crippen molar-refractivity contribution in [2.24, 2.45) is 0 Å². The van der Waals surface area contributed by atoms with Gasteiger partial charge in [-0.1, -0.05) is 29.3 Å². The Morgan fingerprint density at radius 3 is 2.62 bits per heavy atom. The van der Waals surface area contributed by atoms with E-state index in [0.717, 1.165) is 5.56 Å².